The van der Waals surface area contributed by atoms with Crippen molar-refractivity contribution in [2.45, 2.75) is 25.2 Å². The Morgan fingerprint density at radius 3 is 2.44 bits per heavy atom. The third kappa shape index (κ3) is 4.74. The number of H-pyrrole nitrogens is 1. The summed E-state index contributed by atoms with van der Waals surface area (Å²) in [6.07, 6.45) is 4.42. The molecule has 1 aliphatic carbocycles. The van der Waals surface area contributed by atoms with Gasteiger partial charge in [0, 0.05) is 11.3 Å². The van der Waals surface area contributed by atoms with E-state index < -0.39 is 17.0 Å². The SMILES string of the molecule is C=C/C(OC)=C(\C=C(/C)c1ccc(NC(=O)C2(c3ccc(F)c(F)c3)CC2)cc1-c1nnn[nH]1)OC. The highest BCUT2D eigenvalue weighted by atomic mass is 19.2. The number of aromatic amines is 1. The first-order valence-corrected chi connectivity index (χ1v) is 11.1. The lowest BCUT2D eigenvalue weighted by Gasteiger charge is -2.17. The Balaban J connectivity index is 1.68. The number of aromatic nitrogens is 4. The van der Waals surface area contributed by atoms with Crippen LogP contribution in [-0.2, 0) is 19.7 Å². The van der Waals surface area contributed by atoms with Gasteiger partial charge in [-0.15, -0.1) is 5.10 Å². The molecule has 0 aliphatic heterocycles. The second-order valence-electron chi connectivity index (χ2n) is 8.34. The molecular weight excluding hydrogens is 468 g/mol. The fourth-order valence-electron chi connectivity index (χ4n) is 4.04. The zero-order valence-electron chi connectivity index (χ0n) is 20.1. The van der Waals surface area contributed by atoms with Crippen LogP contribution >= 0.6 is 0 Å². The quantitative estimate of drug-likeness (QED) is 0.325. The molecule has 3 aromatic rings. The summed E-state index contributed by atoms with van der Waals surface area (Å²) in [5.41, 5.74) is 2.29. The fraction of sp³-hybridized carbons (Fsp3) is 0.231. The van der Waals surface area contributed by atoms with Crippen LogP contribution < -0.4 is 5.32 Å². The molecule has 0 atom stereocenters. The molecule has 0 spiro atoms. The van der Waals surface area contributed by atoms with Gasteiger partial charge in [0.15, 0.2) is 29.0 Å². The summed E-state index contributed by atoms with van der Waals surface area (Å²) in [5, 5.41) is 17.0. The molecule has 1 aliphatic rings. The molecule has 1 heterocycles. The standard InChI is InChI=1S/C26H25F2N5O3/c1-5-22(35-3)23(36-4)12-15(2)18-8-7-17(14-19(18)24-30-32-33-31-24)29-25(34)26(10-11-26)16-6-9-20(27)21(28)13-16/h5-9,12-14H,1,10-11H2,2-4H3,(H,29,34)(H,30,31,32,33)/b15-12+,23-22-. The topological polar surface area (TPSA) is 102 Å². The van der Waals surface area contributed by atoms with Crippen LogP contribution in [0.5, 0.6) is 0 Å². The largest absolute Gasteiger partial charge is 0.493 e. The number of benzene rings is 2. The molecule has 0 unspecified atom stereocenters. The monoisotopic (exact) mass is 493 g/mol. The number of hydrogen-bond donors (Lipinski definition) is 2. The van der Waals surface area contributed by atoms with Gasteiger partial charge in [-0.2, -0.15) is 0 Å². The summed E-state index contributed by atoms with van der Waals surface area (Å²) in [6, 6.07) is 8.90. The van der Waals surface area contributed by atoms with E-state index in [9.17, 15) is 13.6 Å². The first-order valence-electron chi connectivity index (χ1n) is 11.1. The van der Waals surface area contributed by atoms with E-state index in [0.717, 1.165) is 23.3 Å². The zero-order valence-corrected chi connectivity index (χ0v) is 20.1. The number of methoxy groups -OCH3 is 2. The van der Waals surface area contributed by atoms with Crippen LogP contribution in [0.4, 0.5) is 14.5 Å². The number of nitrogens with one attached hydrogen (secondary N) is 2. The van der Waals surface area contributed by atoms with Crippen molar-refractivity contribution in [3.63, 3.8) is 0 Å². The highest BCUT2D eigenvalue weighted by Crippen LogP contribution is 2.49. The minimum Gasteiger partial charge on any atom is -0.493 e. The van der Waals surface area contributed by atoms with E-state index in [2.05, 4.69) is 32.5 Å². The zero-order chi connectivity index (χ0) is 25.9. The number of tetrazole rings is 1. The van der Waals surface area contributed by atoms with Gasteiger partial charge in [0.1, 0.15) is 0 Å². The lowest BCUT2D eigenvalue weighted by molar-refractivity contribution is -0.118. The molecule has 1 fully saturated rings. The number of allylic oxidation sites excluding steroid dienone is 3. The van der Waals surface area contributed by atoms with Crippen molar-refractivity contribution >= 4 is 17.2 Å². The second kappa shape index (κ2) is 10.1. The summed E-state index contributed by atoms with van der Waals surface area (Å²) >= 11 is 0. The van der Waals surface area contributed by atoms with Crippen molar-refractivity contribution in [2.75, 3.05) is 19.5 Å². The molecule has 2 aromatic carbocycles. The van der Waals surface area contributed by atoms with Gasteiger partial charge in [0.25, 0.3) is 0 Å². The maximum Gasteiger partial charge on any atom is 0.235 e. The second-order valence-corrected chi connectivity index (χ2v) is 8.34. The Hall–Kier alpha value is -4.34. The molecule has 10 heteroatoms. The van der Waals surface area contributed by atoms with Crippen molar-refractivity contribution in [2.24, 2.45) is 0 Å². The van der Waals surface area contributed by atoms with E-state index in [0.29, 0.717) is 47.0 Å². The van der Waals surface area contributed by atoms with Crippen LogP contribution in [0.2, 0.25) is 0 Å². The van der Waals surface area contributed by atoms with Gasteiger partial charge in [0.2, 0.25) is 5.91 Å². The van der Waals surface area contributed by atoms with Crippen molar-refractivity contribution in [3.8, 4) is 11.4 Å². The number of anilines is 1. The smallest absolute Gasteiger partial charge is 0.235 e. The van der Waals surface area contributed by atoms with Crippen LogP contribution in [0.15, 0.2) is 66.6 Å². The molecule has 186 valence electrons. The maximum atomic E-state index is 13.8. The molecule has 0 saturated heterocycles. The molecular formula is C26H25F2N5O3. The van der Waals surface area contributed by atoms with Crippen molar-refractivity contribution < 1.29 is 23.0 Å². The number of amides is 1. The van der Waals surface area contributed by atoms with E-state index in [1.807, 2.05) is 13.0 Å². The highest BCUT2D eigenvalue weighted by molar-refractivity contribution is 6.02. The fourth-order valence-corrected chi connectivity index (χ4v) is 4.04. The minimum absolute atomic E-state index is 0.296. The molecule has 36 heavy (non-hydrogen) atoms. The molecule has 1 amide bonds. The first-order chi connectivity index (χ1) is 17.3. The van der Waals surface area contributed by atoms with E-state index in [1.165, 1.54) is 20.3 Å². The molecule has 8 nitrogen and oxygen atoms in total. The summed E-state index contributed by atoms with van der Waals surface area (Å²) in [4.78, 5) is 13.2. The third-order valence-electron chi connectivity index (χ3n) is 6.18. The highest BCUT2D eigenvalue weighted by Gasteiger charge is 2.51. The summed E-state index contributed by atoms with van der Waals surface area (Å²) in [5.74, 6) is -0.876. The number of hydrogen-bond acceptors (Lipinski definition) is 6. The van der Waals surface area contributed by atoms with Crippen LogP contribution in [0.25, 0.3) is 17.0 Å². The third-order valence-corrected chi connectivity index (χ3v) is 6.18. The Kier molecular flexibility index (Phi) is 6.96. The van der Waals surface area contributed by atoms with Crippen LogP contribution in [0, 0.1) is 11.6 Å². The molecule has 4 rings (SSSR count). The van der Waals surface area contributed by atoms with Crippen molar-refractivity contribution in [1.29, 1.82) is 0 Å². The lowest BCUT2D eigenvalue weighted by Crippen LogP contribution is -2.28. The molecule has 1 saturated carbocycles. The predicted octanol–water partition coefficient (Wildman–Crippen LogP) is 4.91. The van der Waals surface area contributed by atoms with Gasteiger partial charge < -0.3 is 14.8 Å². The molecule has 2 N–H and O–H groups in total. The number of carbonyl (C=O) groups is 1. The van der Waals surface area contributed by atoms with Crippen LogP contribution in [-0.4, -0.2) is 40.8 Å². The van der Waals surface area contributed by atoms with E-state index >= 15 is 0 Å². The van der Waals surface area contributed by atoms with Gasteiger partial charge in [-0.1, -0.05) is 18.7 Å². The van der Waals surface area contributed by atoms with Crippen molar-refractivity contribution in [1.82, 2.24) is 20.6 Å². The van der Waals surface area contributed by atoms with Crippen LogP contribution in [0.3, 0.4) is 0 Å². The van der Waals surface area contributed by atoms with Gasteiger partial charge in [-0.3, -0.25) is 4.79 Å². The summed E-state index contributed by atoms with van der Waals surface area (Å²) in [7, 11) is 3.05. The number of nitrogens with zero attached hydrogens (tertiary/aromatic N) is 3. The van der Waals surface area contributed by atoms with E-state index in [4.69, 9.17) is 9.47 Å². The Labute approximate surface area is 206 Å². The number of rotatable bonds is 9. The summed E-state index contributed by atoms with van der Waals surface area (Å²) in [6.45, 7) is 5.62. The van der Waals surface area contributed by atoms with E-state index in [1.54, 1.807) is 24.3 Å². The lowest BCUT2D eigenvalue weighted by atomic mass is 9.94. The first kappa shape index (κ1) is 24.8. The normalized spacial score (nSPS) is 15.1. The molecule has 0 radical (unpaired) electrons. The molecule has 1 aromatic heterocycles. The van der Waals surface area contributed by atoms with Gasteiger partial charge >= 0.3 is 0 Å². The summed E-state index contributed by atoms with van der Waals surface area (Å²) < 4.78 is 38.0. The number of carbonyl (C=O) groups excluding carboxylic acids is 1. The average molecular weight is 494 g/mol. The number of halogens is 2. The van der Waals surface area contributed by atoms with Gasteiger partial charge in [-0.25, -0.2) is 13.9 Å². The van der Waals surface area contributed by atoms with Gasteiger partial charge in [-0.05, 0) is 83.3 Å². The van der Waals surface area contributed by atoms with Gasteiger partial charge in [0.05, 0.1) is 19.6 Å². The predicted molar refractivity (Wildman–Crippen MR) is 130 cm³/mol. The average Bonchev–Trinajstić information content (AvgIpc) is 3.51. The Morgan fingerprint density at radius 1 is 1.11 bits per heavy atom. The van der Waals surface area contributed by atoms with Crippen LogP contribution in [0.1, 0.15) is 30.9 Å². The maximum absolute atomic E-state index is 13.8. The number of ether oxygens (including phenoxy) is 2. The molecule has 0 bridgehead atoms. The van der Waals surface area contributed by atoms with E-state index in [-0.39, 0.29) is 5.91 Å². The van der Waals surface area contributed by atoms with Crippen molar-refractivity contribution in [3.05, 3.63) is 89.4 Å². The Bertz CT molecular complexity index is 1360. The minimum atomic E-state index is -0.976. The Morgan fingerprint density at radius 2 is 1.86 bits per heavy atom.